The topological polar surface area (TPSA) is 30.5 Å². The Balaban J connectivity index is 1.80. The summed E-state index contributed by atoms with van der Waals surface area (Å²) in [5.74, 6) is 1.56. The van der Waals surface area contributed by atoms with Crippen molar-refractivity contribution in [2.75, 3.05) is 12.1 Å². The quantitative estimate of drug-likeness (QED) is 0.875. The molecule has 0 saturated heterocycles. The van der Waals surface area contributed by atoms with Crippen molar-refractivity contribution in [2.45, 2.75) is 13.0 Å². The number of benzene rings is 2. The van der Waals surface area contributed by atoms with Gasteiger partial charge in [-0.25, -0.2) is 0 Å². The highest BCUT2D eigenvalue weighted by Gasteiger charge is 2.15. The number of anilines is 1. The molecule has 0 aromatic heterocycles. The molecule has 0 fully saturated rings. The van der Waals surface area contributed by atoms with Crippen LogP contribution >= 0.6 is 23.2 Å². The molecular formula is C15H13Cl2NO2. The molecule has 0 aliphatic carbocycles. The maximum atomic E-state index is 6.00. The highest BCUT2D eigenvalue weighted by atomic mass is 35.5. The fraction of sp³-hybridized carbons (Fsp3) is 0.200. The molecule has 1 unspecified atom stereocenters. The van der Waals surface area contributed by atoms with E-state index in [9.17, 15) is 0 Å². The van der Waals surface area contributed by atoms with Gasteiger partial charge in [0.1, 0.15) is 0 Å². The van der Waals surface area contributed by atoms with Gasteiger partial charge in [0, 0.05) is 21.8 Å². The van der Waals surface area contributed by atoms with E-state index < -0.39 is 0 Å². The van der Waals surface area contributed by atoms with Gasteiger partial charge in [-0.15, -0.1) is 0 Å². The van der Waals surface area contributed by atoms with Crippen LogP contribution in [-0.2, 0) is 0 Å². The monoisotopic (exact) mass is 309 g/mol. The molecule has 1 heterocycles. The van der Waals surface area contributed by atoms with Crippen LogP contribution in [0.5, 0.6) is 11.5 Å². The third kappa shape index (κ3) is 2.79. The van der Waals surface area contributed by atoms with Crippen LogP contribution in [-0.4, -0.2) is 6.79 Å². The molecule has 1 atom stereocenters. The van der Waals surface area contributed by atoms with Gasteiger partial charge in [0.05, 0.1) is 0 Å². The van der Waals surface area contributed by atoms with Gasteiger partial charge in [0.2, 0.25) is 6.79 Å². The number of fused-ring (bicyclic) bond motifs is 1. The molecule has 3 nitrogen and oxygen atoms in total. The number of nitrogens with one attached hydrogen (secondary N) is 1. The molecule has 104 valence electrons. The van der Waals surface area contributed by atoms with Crippen molar-refractivity contribution >= 4 is 28.9 Å². The predicted octanol–water partition coefficient (Wildman–Crippen LogP) is 4.90. The molecule has 20 heavy (non-hydrogen) atoms. The van der Waals surface area contributed by atoms with Crippen LogP contribution in [0.1, 0.15) is 18.5 Å². The van der Waals surface area contributed by atoms with Crippen molar-refractivity contribution in [3.63, 3.8) is 0 Å². The van der Waals surface area contributed by atoms with Crippen LogP contribution in [0.15, 0.2) is 36.4 Å². The van der Waals surface area contributed by atoms with Crippen LogP contribution in [0.3, 0.4) is 0 Å². The summed E-state index contributed by atoms with van der Waals surface area (Å²) in [5, 5.41) is 4.58. The summed E-state index contributed by atoms with van der Waals surface area (Å²) >= 11 is 12.0. The Labute approximate surface area is 127 Å². The van der Waals surface area contributed by atoms with Crippen molar-refractivity contribution in [3.05, 3.63) is 52.0 Å². The maximum absolute atomic E-state index is 6.00. The summed E-state index contributed by atoms with van der Waals surface area (Å²) < 4.78 is 10.7. The average molecular weight is 310 g/mol. The van der Waals surface area contributed by atoms with E-state index in [-0.39, 0.29) is 12.8 Å². The minimum Gasteiger partial charge on any atom is -0.454 e. The minimum absolute atomic E-state index is 0.0963. The van der Waals surface area contributed by atoms with Crippen molar-refractivity contribution < 1.29 is 9.47 Å². The summed E-state index contributed by atoms with van der Waals surface area (Å²) in [5.41, 5.74) is 1.98. The zero-order valence-electron chi connectivity index (χ0n) is 10.8. The molecule has 0 bridgehead atoms. The SMILES string of the molecule is CC(Nc1cc(Cl)cc(Cl)c1)c1ccc2c(c1)OCO2. The molecule has 2 aromatic carbocycles. The molecule has 0 radical (unpaired) electrons. The first-order valence-electron chi connectivity index (χ1n) is 6.24. The summed E-state index contributed by atoms with van der Waals surface area (Å²) in [7, 11) is 0. The minimum atomic E-state index is 0.0963. The van der Waals surface area contributed by atoms with Crippen LogP contribution in [0.4, 0.5) is 5.69 Å². The Kier molecular flexibility index (Phi) is 3.64. The van der Waals surface area contributed by atoms with E-state index in [1.54, 1.807) is 6.07 Å². The standard InChI is InChI=1S/C15H13Cl2NO2/c1-9(18-13-6-11(16)5-12(17)7-13)10-2-3-14-15(4-10)20-8-19-14/h2-7,9,18H,8H2,1H3. The lowest BCUT2D eigenvalue weighted by atomic mass is 10.1. The summed E-state index contributed by atoms with van der Waals surface area (Å²) in [4.78, 5) is 0. The van der Waals surface area contributed by atoms with Crippen molar-refractivity contribution in [2.24, 2.45) is 0 Å². The fourth-order valence-corrected chi connectivity index (χ4v) is 2.68. The van der Waals surface area contributed by atoms with E-state index in [0.29, 0.717) is 10.0 Å². The number of halogens is 2. The molecule has 0 saturated carbocycles. The lowest BCUT2D eigenvalue weighted by Gasteiger charge is -2.16. The summed E-state index contributed by atoms with van der Waals surface area (Å²) in [6.45, 7) is 2.34. The number of rotatable bonds is 3. The molecule has 2 aromatic rings. The Morgan fingerprint density at radius 1 is 1.00 bits per heavy atom. The first kappa shape index (κ1) is 13.4. The first-order chi connectivity index (χ1) is 9.61. The largest absolute Gasteiger partial charge is 0.454 e. The average Bonchev–Trinajstić information content (AvgIpc) is 2.84. The van der Waals surface area contributed by atoms with E-state index in [2.05, 4.69) is 12.2 Å². The zero-order valence-corrected chi connectivity index (χ0v) is 12.3. The molecule has 1 aliphatic heterocycles. The van der Waals surface area contributed by atoms with Gasteiger partial charge in [-0.3, -0.25) is 0 Å². The second-order valence-corrected chi connectivity index (χ2v) is 5.51. The van der Waals surface area contributed by atoms with Crippen LogP contribution in [0, 0.1) is 0 Å². The number of hydrogen-bond acceptors (Lipinski definition) is 3. The zero-order chi connectivity index (χ0) is 14.1. The number of ether oxygens (including phenoxy) is 2. The third-order valence-corrected chi connectivity index (χ3v) is 3.58. The van der Waals surface area contributed by atoms with E-state index in [0.717, 1.165) is 22.7 Å². The lowest BCUT2D eigenvalue weighted by molar-refractivity contribution is 0.174. The summed E-state index contributed by atoms with van der Waals surface area (Å²) in [6, 6.07) is 11.4. The van der Waals surface area contributed by atoms with E-state index >= 15 is 0 Å². The summed E-state index contributed by atoms with van der Waals surface area (Å²) in [6.07, 6.45) is 0. The van der Waals surface area contributed by atoms with E-state index in [1.807, 2.05) is 30.3 Å². The third-order valence-electron chi connectivity index (χ3n) is 3.14. The predicted molar refractivity (Wildman–Crippen MR) is 81.1 cm³/mol. The molecule has 1 aliphatic rings. The van der Waals surface area contributed by atoms with Crippen LogP contribution in [0.2, 0.25) is 10.0 Å². The van der Waals surface area contributed by atoms with Crippen molar-refractivity contribution in [1.82, 2.24) is 0 Å². The maximum Gasteiger partial charge on any atom is 0.231 e. The fourth-order valence-electron chi connectivity index (χ4n) is 2.15. The van der Waals surface area contributed by atoms with Gasteiger partial charge in [0.15, 0.2) is 11.5 Å². The molecular weight excluding hydrogens is 297 g/mol. The molecule has 1 N–H and O–H groups in total. The second kappa shape index (κ2) is 5.43. The van der Waals surface area contributed by atoms with Gasteiger partial charge >= 0.3 is 0 Å². The van der Waals surface area contributed by atoms with E-state index in [1.165, 1.54) is 0 Å². The van der Waals surface area contributed by atoms with Gasteiger partial charge in [-0.1, -0.05) is 29.3 Å². The molecule has 5 heteroatoms. The second-order valence-electron chi connectivity index (χ2n) is 4.64. The molecule has 3 rings (SSSR count). The number of hydrogen-bond donors (Lipinski definition) is 1. The van der Waals surface area contributed by atoms with Gasteiger partial charge in [-0.05, 0) is 42.8 Å². The van der Waals surface area contributed by atoms with Gasteiger partial charge < -0.3 is 14.8 Å². The van der Waals surface area contributed by atoms with Gasteiger partial charge in [-0.2, -0.15) is 0 Å². The highest BCUT2D eigenvalue weighted by Crippen LogP contribution is 2.35. The molecule has 0 spiro atoms. The van der Waals surface area contributed by atoms with Gasteiger partial charge in [0.25, 0.3) is 0 Å². The van der Waals surface area contributed by atoms with Crippen molar-refractivity contribution in [1.29, 1.82) is 0 Å². The van der Waals surface area contributed by atoms with Crippen LogP contribution < -0.4 is 14.8 Å². The lowest BCUT2D eigenvalue weighted by Crippen LogP contribution is -2.06. The normalized spacial score (nSPS) is 14.2. The smallest absolute Gasteiger partial charge is 0.231 e. The first-order valence-corrected chi connectivity index (χ1v) is 6.99. The van der Waals surface area contributed by atoms with E-state index in [4.69, 9.17) is 32.7 Å². The Bertz CT molecular complexity index is 626. The Morgan fingerprint density at radius 2 is 1.70 bits per heavy atom. The highest BCUT2D eigenvalue weighted by molar-refractivity contribution is 6.35. The Hall–Kier alpha value is -1.58. The van der Waals surface area contributed by atoms with Crippen LogP contribution in [0.25, 0.3) is 0 Å². The van der Waals surface area contributed by atoms with Crippen molar-refractivity contribution in [3.8, 4) is 11.5 Å². The molecule has 0 amide bonds. The Morgan fingerprint density at radius 3 is 2.45 bits per heavy atom.